The number of Topliss-reactive ketones (excluding diaryl/α,β-unsaturated/α-hetero) is 1. The average Bonchev–Trinajstić information content (AvgIpc) is 3.12. The Morgan fingerprint density at radius 1 is 1.37 bits per heavy atom. The number of carbonyl (C=O) groups excluding carboxylic acids is 2. The monoisotopic (exact) mass is 376 g/mol. The highest BCUT2D eigenvalue weighted by Crippen LogP contribution is 2.70. The van der Waals surface area contributed by atoms with Gasteiger partial charge in [0, 0.05) is 12.8 Å². The van der Waals surface area contributed by atoms with E-state index in [1.165, 1.54) is 6.92 Å². The Kier molecular flexibility index (Phi) is 3.85. The number of carbonyl (C=O) groups is 2. The van der Waals surface area contributed by atoms with E-state index >= 15 is 0 Å². The summed E-state index contributed by atoms with van der Waals surface area (Å²) in [6, 6.07) is 0. The van der Waals surface area contributed by atoms with E-state index < -0.39 is 41.7 Å². The lowest BCUT2D eigenvalue weighted by molar-refractivity contribution is -0.195. The third kappa shape index (κ3) is 2.12. The van der Waals surface area contributed by atoms with Crippen molar-refractivity contribution in [1.82, 2.24) is 0 Å². The normalized spacial score (nSPS) is 47.1. The van der Waals surface area contributed by atoms with Crippen molar-refractivity contribution in [3.05, 3.63) is 23.3 Å². The van der Waals surface area contributed by atoms with E-state index in [1.807, 2.05) is 0 Å². The van der Waals surface area contributed by atoms with E-state index in [4.69, 9.17) is 4.74 Å². The van der Waals surface area contributed by atoms with E-state index in [1.54, 1.807) is 19.1 Å². The Balaban J connectivity index is 1.92. The zero-order valence-electron chi connectivity index (χ0n) is 16.2. The van der Waals surface area contributed by atoms with Crippen LogP contribution >= 0.6 is 0 Å². The molecule has 0 aromatic rings. The van der Waals surface area contributed by atoms with Crippen molar-refractivity contribution in [3.63, 3.8) is 0 Å². The van der Waals surface area contributed by atoms with Gasteiger partial charge in [0.25, 0.3) is 0 Å². The maximum absolute atomic E-state index is 13.8. The summed E-state index contributed by atoms with van der Waals surface area (Å²) in [6.45, 7) is 6.77. The topological polar surface area (TPSA) is 104 Å². The smallest absolute Gasteiger partial charge is 0.303 e. The van der Waals surface area contributed by atoms with Crippen molar-refractivity contribution in [2.75, 3.05) is 6.61 Å². The number of ketones is 1. The summed E-state index contributed by atoms with van der Waals surface area (Å²) in [7, 11) is 0. The number of hydrogen-bond acceptors (Lipinski definition) is 6. The molecule has 6 nitrogen and oxygen atoms in total. The number of aliphatic hydroxyl groups is 3. The molecule has 2 saturated carbocycles. The summed E-state index contributed by atoms with van der Waals surface area (Å²) in [5.74, 6) is -0.728. The molecule has 1 spiro atoms. The van der Waals surface area contributed by atoms with Crippen molar-refractivity contribution < 1.29 is 29.6 Å². The fraction of sp³-hybridized carbons (Fsp3) is 0.714. The van der Waals surface area contributed by atoms with Gasteiger partial charge in [0.05, 0.1) is 12.0 Å². The van der Waals surface area contributed by atoms with Gasteiger partial charge >= 0.3 is 5.97 Å². The molecule has 4 aliphatic carbocycles. The lowest BCUT2D eigenvalue weighted by Crippen LogP contribution is -2.63. The van der Waals surface area contributed by atoms with Gasteiger partial charge in [0.1, 0.15) is 6.10 Å². The number of fused-ring (bicyclic) bond motifs is 3. The molecule has 7 unspecified atom stereocenters. The number of allylic oxidation sites excluding steroid dienone is 1. The van der Waals surface area contributed by atoms with Gasteiger partial charge in [0.15, 0.2) is 17.5 Å². The standard InChI is InChI=1S/C21H28O6/c1-10-8-20-6-5-14-15(19(14,3)4)13(17(20)25)7-12(9-22)16(24)21(20,26)18(10)27-11(2)23/h7-8,13-16,18,22,24,26H,5-6,9H2,1-4H3. The SMILES string of the molecule is CC(=O)OC1C(C)=CC23CCC4C(C(C=C(CO)C(O)C12O)C3=O)C4(C)C. The van der Waals surface area contributed by atoms with Crippen molar-refractivity contribution in [3.8, 4) is 0 Å². The molecule has 0 aromatic heterocycles. The molecule has 2 fully saturated rings. The molecule has 6 heteroatoms. The predicted molar refractivity (Wildman–Crippen MR) is 96.4 cm³/mol. The Morgan fingerprint density at radius 2 is 2.04 bits per heavy atom. The van der Waals surface area contributed by atoms with Crippen LogP contribution in [0, 0.1) is 28.6 Å². The van der Waals surface area contributed by atoms with Gasteiger partial charge in [0.2, 0.25) is 0 Å². The van der Waals surface area contributed by atoms with Gasteiger partial charge in [-0.1, -0.05) is 26.0 Å². The van der Waals surface area contributed by atoms with Crippen LogP contribution in [0.3, 0.4) is 0 Å². The lowest BCUT2D eigenvalue weighted by atomic mass is 9.63. The maximum Gasteiger partial charge on any atom is 0.303 e. The van der Waals surface area contributed by atoms with Crippen LogP contribution < -0.4 is 0 Å². The number of aliphatic hydroxyl groups excluding tert-OH is 2. The first-order valence-corrected chi connectivity index (χ1v) is 9.65. The van der Waals surface area contributed by atoms with Crippen LogP contribution in [-0.2, 0) is 14.3 Å². The highest BCUT2D eigenvalue weighted by Gasteiger charge is 2.74. The van der Waals surface area contributed by atoms with E-state index in [2.05, 4.69) is 13.8 Å². The minimum Gasteiger partial charge on any atom is -0.455 e. The molecule has 3 N–H and O–H groups in total. The van der Waals surface area contributed by atoms with E-state index in [0.717, 1.165) is 6.42 Å². The summed E-state index contributed by atoms with van der Waals surface area (Å²) in [5, 5.41) is 32.8. The summed E-state index contributed by atoms with van der Waals surface area (Å²) in [4.78, 5) is 25.5. The van der Waals surface area contributed by atoms with E-state index in [-0.39, 0.29) is 22.7 Å². The van der Waals surface area contributed by atoms with Crippen molar-refractivity contribution in [2.45, 2.75) is 58.3 Å². The first-order chi connectivity index (χ1) is 12.5. The molecule has 0 aliphatic heterocycles. The maximum atomic E-state index is 13.8. The molecule has 4 rings (SSSR count). The van der Waals surface area contributed by atoms with Gasteiger partial charge in [-0.2, -0.15) is 0 Å². The Labute approximate surface area is 158 Å². The second-order valence-electron chi connectivity index (χ2n) is 9.36. The highest BCUT2D eigenvalue weighted by atomic mass is 16.6. The van der Waals surface area contributed by atoms with Crippen LogP contribution in [0.2, 0.25) is 0 Å². The van der Waals surface area contributed by atoms with Crippen molar-refractivity contribution >= 4 is 11.8 Å². The molecule has 148 valence electrons. The molecule has 0 amide bonds. The molecule has 4 aliphatic rings. The molecule has 0 heterocycles. The molecule has 27 heavy (non-hydrogen) atoms. The molecule has 0 saturated heterocycles. The van der Waals surface area contributed by atoms with Crippen LogP contribution in [0.4, 0.5) is 0 Å². The summed E-state index contributed by atoms with van der Waals surface area (Å²) in [5.41, 5.74) is -2.53. The Bertz CT molecular complexity index is 780. The third-order valence-electron chi connectivity index (χ3n) is 7.75. The zero-order chi connectivity index (χ0) is 19.9. The van der Waals surface area contributed by atoms with Gasteiger partial charge in [-0.3, -0.25) is 9.59 Å². The number of hydrogen-bond donors (Lipinski definition) is 3. The second kappa shape index (κ2) is 5.52. The van der Waals surface area contributed by atoms with Crippen LogP contribution in [-0.4, -0.2) is 51.5 Å². The quantitative estimate of drug-likeness (QED) is 0.493. The number of ether oxygens (including phenoxy) is 1. The predicted octanol–water partition coefficient (Wildman–Crippen LogP) is 1.14. The Morgan fingerprint density at radius 3 is 2.63 bits per heavy atom. The molecular weight excluding hydrogens is 348 g/mol. The average molecular weight is 376 g/mol. The molecule has 7 atom stereocenters. The fourth-order valence-electron chi connectivity index (χ4n) is 6.38. The first kappa shape index (κ1) is 18.8. The van der Waals surface area contributed by atoms with Crippen molar-refractivity contribution in [1.29, 1.82) is 0 Å². The van der Waals surface area contributed by atoms with Gasteiger partial charge in [-0.15, -0.1) is 0 Å². The number of esters is 1. The lowest BCUT2D eigenvalue weighted by Gasteiger charge is -2.46. The first-order valence-electron chi connectivity index (χ1n) is 9.65. The van der Waals surface area contributed by atoms with Gasteiger partial charge in [-0.05, 0) is 48.2 Å². The van der Waals surface area contributed by atoms with Crippen LogP contribution in [0.25, 0.3) is 0 Å². The summed E-state index contributed by atoms with van der Waals surface area (Å²) >= 11 is 0. The largest absolute Gasteiger partial charge is 0.455 e. The molecule has 0 radical (unpaired) electrons. The minimum absolute atomic E-state index is 0.0130. The highest BCUT2D eigenvalue weighted by molar-refractivity contribution is 5.95. The fourth-order valence-corrected chi connectivity index (χ4v) is 6.38. The van der Waals surface area contributed by atoms with Crippen LogP contribution in [0.15, 0.2) is 23.3 Å². The molecule has 0 aromatic carbocycles. The van der Waals surface area contributed by atoms with Gasteiger partial charge < -0.3 is 20.1 Å². The Hall–Kier alpha value is -1.50. The minimum atomic E-state index is -2.01. The van der Waals surface area contributed by atoms with Crippen LogP contribution in [0.1, 0.15) is 40.5 Å². The van der Waals surface area contributed by atoms with E-state index in [0.29, 0.717) is 17.9 Å². The summed E-state index contributed by atoms with van der Waals surface area (Å²) in [6.07, 6.45) is 1.91. The molecule has 2 bridgehead atoms. The molecular formula is C21H28O6. The van der Waals surface area contributed by atoms with Crippen molar-refractivity contribution in [2.24, 2.45) is 28.6 Å². The number of rotatable bonds is 2. The summed E-state index contributed by atoms with van der Waals surface area (Å²) < 4.78 is 5.39. The third-order valence-corrected chi connectivity index (χ3v) is 7.75. The second-order valence-corrected chi connectivity index (χ2v) is 9.36. The van der Waals surface area contributed by atoms with Crippen LogP contribution in [0.5, 0.6) is 0 Å². The zero-order valence-corrected chi connectivity index (χ0v) is 16.2. The van der Waals surface area contributed by atoms with E-state index in [9.17, 15) is 24.9 Å². The van der Waals surface area contributed by atoms with Gasteiger partial charge in [-0.25, -0.2) is 0 Å².